The average Bonchev–Trinajstić information content (AvgIpc) is 2.87. The molecular weight excluding hydrogens is 452 g/mol. The number of hydrogen-bond donors (Lipinski definition) is 2. The number of rotatable bonds is 7. The number of carbonyl (C=O) groups excluding carboxylic acids is 2. The van der Waals surface area contributed by atoms with Crippen molar-refractivity contribution in [2.75, 3.05) is 10.6 Å². The van der Waals surface area contributed by atoms with Gasteiger partial charge in [-0.2, -0.15) is 0 Å². The van der Waals surface area contributed by atoms with E-state index in [4.69, 9.17) is 0 Å². The van der Waals surface area contributed by atoms with Crippen LogP contribution in [-0.2, 0) is 4.79 Å². The number of aryl methyl sites for hydroxylation is 2. The van der Waals surface area contributed by atoms with E-state index >= 15 is 0 Å². The molecule has 4 rings (SSSR count). The molecule has 2 amide bonds. The summed E-state index contributed by atoms with van der Waals surface area (Å²) in [6.07, 6.45) is 0. The standard InChI is InChI=1S/C30H28N2O2S/c1-20-9-7-13-24(19-20)29(33)31-25-15-17-26(18-16-25)35-28(23-11-5-4-6-12-23)30(34)32-27-14-8-10-21(2)22(27)3/h4-19,28H,1-3H3,(H,31,33)(H,32,34). The Labute approximate surface area is 210 Å². The molecule has 5 heteroatoms. The highest BCUT2D eigenvalue weighted by molar-refractivity contribution is 8.00. The zero-order valence-corrected chi connectivity index (χ0v) is 20.9. The third kappa shape index (κ3) is 6.19. The Morgan fingerprint density at radius 1 is 0.743 bits per heavy atom. The molecule has 4 aromatic rings. The molecule has 0 aromatic heterocycles. The second kappa shape index (κ2) is 11.1. The maximum atomic E-state index is 13.4. The fourth-order valence-corrected chi connectivity index (χ4v) is 4.75. The third-order valence-electron chi connectivity index (χ3n) is 5.85. The van der Waals surface area contributed by atoms with E-state index in [1.54, 1.807) is 6.07 Å². The Morgan fingerprint density at radius 3 is 2.17 bits per heavy atom. The molecule has 2 N–H and O–H groups in total. The Balaban J connectivity index is 1.50. The van der Waals surface area contributed by atoms with Crippen LogP contribution in [0.3, 0.4) is 0 Å². The van der Waals surface area contributed by atoms with Crippen molar-refractivity contribution in [3.8, 4) is 0 Å². The Bertz CT molecular complexity index is 1330. The summed E-state index contributed by atoms with van der Waals surface area (Å²) in [5.41, 5.74) is 6.31. The first-order valence-electron chi connectivity index (χ1n) is 11.5. The van der Waals surface area contributed by atoms with Gasteiger partial charge in [0.2, 0.25) is 5.91 Å². The van der Waals surface area contributed by atoms with Gasteiger partial charge in [-0.15, -0.1) is 11.8 Å². The summed E-state index contributed by atoms with van der Waals surface area (Å²) < 4.78 is 0. The molecule has 0 aliphatic carbocycles. The molecule has 1 unspecified atom stereocenters. The largest absolute Gasteiger partial charge is 0.325 e. The molecule has 176 valence electrons. The summed E-state index contributed by atoms with van der Waals surface area (Å²) >= 11 is 1.48. The van der Waals surface area contributed by atoms with Crippen LogP contribution in [0.5, 0.6) is 0 Å². The van der Waals surface area contributed by atoms with Gasteiger partial charge in [-0.05, 0) is 79.9 Å². The van der Waals surface area contributed by atoms with E-state index in [1.165, 1.54) is 11.8 Å². The van der Waals surface area contributed by atoms with Crippen molar-refractivity contribution in [2.45, 2.75) is 30.9 Å². The number of anilines is 2. The van der Waals surface area contributed by atoms with Crippen LogP contribution >= 0.6 is 11.8 Å². The highest BCUT2D eigenvalue weighted by atomic mass is 32.2. The second-order valence-electron chi connectivity index (χ2n) is 8.49. The molecule has 0 aliphatic heterocycles. The van der Waals surface area contributed by atoms with E-state index in [1.807, 2.05) is 112 Å². The third-order valence-corrected chi connectivity index (χ3v) is 7.12. The molecule has 0 fully saturated rings. The van der Waals surface area contributed by atoms with Gasteiger partial charge in [0.15, 0.2) is 0 Å². The van der Waals surface area contributed by atoms with Crippen molar-refractivity contribution in [2.24, 2.45) is 0 Å². The molecule has 0 heterocycles. The van der Waals surface area contributed by atoms with Crippen LogP contribution in [0.25, 0.3) is 0 Å². The number of benzene rings is 4. The van der Waals surface area contributed by atoms with Crippen molar-refractivity contribution < 1.29 is 9.59 Å². The monoisotopic (exact) mass is 480 g/mol. The van der Waals surface area contributed by atoms with E-state index in [2.05, 4.69) is 10.6 Å². The molecule has 4 aromatic carbocycles. The summed E-state index contributed by atoms with van der Waals surface area (Å²) in [6, 6.07) is 30.8. The van der Waals surface area contributed by atoms with Gasteiger partial charge in [-0.1, -0.05) is 60.2 Å². The van der Waals surface area contributed by atoms with Crippen molar-refractivity contribution >= 4 is 35.0 Å². The van der Waals surface area contributed by atoms with Crippen molar-refractivity contribution in [1.29, 1.82) is 0 Å². The van der Waals surface area contributed by atoms with Crippen molar-refractivity contribution in [3.63, 3.8) is 0 Å². The molecule has 0 spiro atoms. The van der Waals surface area contributed by atoms with Crippen LogP contribution in [0.2, 0.25) is 0 Å². The van der Waals surface area contributed by atoms with E-state index in [9.17, 15) is 9.59 Å². The minimum atomic E-state index is -0.427. The van der Waals surface area contributed by atoms with Crippen LogP contribution in [0, 0.1) is 20.8 Å². The maximum Gasteiger partial charge on any atom is 0.255 e. The zero-order valence-electron chi connectivity index (χ0n) is 20.0. The fourth-order valence-electron chi connectivity index (χ4n) is 3.73. The van der Waals surface area contributed by atoms with E-state index in [0.717, 1.165) is 32.8 Å². The molecule has 0 bridgehead atoms. The lowest BCUT2D eigenvalue weighted by Gasteiger charge is -2.19. The smallest absolute Gasteiger partial charge is 0.255 e. The molecular formula is C30H28N2O2S. The molecule has 35 heavy (non-hydrogen) atoms. The van der Waals surface area contributed by atoms with Gasteiger partial charge in [0.05, 0.1) is 0 Å². The molecule has 0 saturated heterocycles. The molecule has 0 aliphatic rings. The van der Waals surface area contributed by atoms with E-state index in [-0.39, 0.29) is 11.8 Å². The van der Waals surface area contributed by atoms with Gasteiger partial charge in [0.25, 0.3) is 5.91 Å². The topological polar surface area (TPSA) is 58.2 Å². The summed E-state index contributed by atoms with van der Waals surface area (Å²) in [4.78, 5) is 26.9. The highest BCUT2D eigenvalue weighted by Gasteiger charge is 2.23. The number of thioether (sulfide) groups is 1. The normalized spacial score (nSPS) is 11.5. The predicted octanol–water partition coefficient (Wildman–Crippen LogP) is 7.34. The first-order valence-corrected chi connectivity index (χ1v) is 12.4. The summed E-state index contributed by atoms with van der Waals surface area (Å²) in [6.45, 7) is 6.01. The first kappa shape index (κ1) is 24.3. The SMILES string of the molecule is Cc1cccc(C(=O)Nc2ccc(SC(C(=O)Nc3cccc(C)c3C)c3ccccc3)cc2)c1. The first-order chi connectivity index (χ1) is 16.9. The minimum Gasteiger partial charge on any atom is -0.325 e. The van der Waals surface area contributed by atoms with E-state index < -0.39 is 5.25 Å². The second-order valence-corrected chi connectivity index (χ2v) is 9.67. The van der Waals surface area contributed by atoms with Gasteiger partial charge in [0.1, 0.15) is 5.25 Å². The molecule has 4 nitrogen and oxygen atoms in total. The van der Waals surface area contributed by atoms with Crippen LogP contribution in [0.15, 0.2) is 102 Å². The lowest BCUT2D eigenvalue weighted by molar-refractivity contribution is -0.115. The van der Waals surface area contributed by atoms with E-state index in [0.29, 0.717) is 11.3 Å². The van der Waals surface area contributed by atoms with Crippen molar-refractivity contribution in [3.05, 3.63) is 125 Å². The van der Waals surface area contributed by atoms with Crippen LogP contribution in [0.4, 0.5) is 11.4 Å². The highest BCUT2D eigenvalue weighted by Crippen LogP contribution is 2.37. The number of hydrogen-bond acceptors (Lipinski definition) is 3. The quantitative estimate of drug-likeness (QED) is 0.272. The lowest BCUT2D eigenvalue weighted by Crippen LogP contribution is -2.19. The predicted molar refractivity (Wildman–Crippen MR) is 145 cm³/mol. The lowest BCUT2D eigenvalue weighted by atomic mass is 10.1. The number of nitrogens with one attached hydrogen (secondary N) is 2. The Hall–Kier alpha value is -3.83. The average molecular weight is 481 g/mol. The summed E-state index contributed by atoms with van der Waals surface area (Å²) in [5.74, 6) is -0.226. The van der Waals surface area contributed by atoms with Crippen LogP contribution < -0.4 is 10.6 Å². The number of amides is 2. The zero-order chi connectivity index (χ0) is 24.8. The molecule has 0 radical (unpaired) electrons. The van der Waals surface area contributed by atoms with Gasteiger partial charge in [0, 0.05) is 21.8 Å². The Kier molecular flexibility index (Phi) is 7.68. The van der Waals surface area contributed by atoms with Crippen LogP contribution in [0.1, 0.15) is 37.9 Å². The maximum absolute atomic E-state index is 13.4. The molecule has 0 saturated carbocycles. The van der Waals surface area contributed by atoms with Gasteiger partial charge in [-0.3, -0.25) is 9.59 Å². The van der Waals surface area contributed by atoms with Crippen molar-refractivity contribution in [1.82, 2.24) is 0 Å². The summed E-state index contributed by atoms with van der Waals surface area (Å²) in [7, 11) is 0. The van der Waals surface area contributed by atoms with Crippen LogP contribution in [-0.4, -0.2) is 11.8 Å². The minimum absolute atomic E-state index is 0.0771. The number of carbonyl (C=O) groups is 2. The Morgan fingerprint density at radius 2 is 1.46 bits per heavy atom. The van der Waals surface area contributed by atoms with Gasteiger partial charge >= 0.3 is 0 Å². The van der Waals surface area contributed by atoms with Gasteiger partial charge in [-0.25, -0.2) is 0 Å². The molecule has 1 atom stereocenters. The fraction of sp³-hybridized carbons (Fsp3) is 0.133. The summed E-state index contributed by atoms with van der Waals surface area (Å²) in [5, 5.41) is 5.62. The van der Waals surface area contributed by atoms with Gasteiger partial charge < -0.3 is 10.6 Å².